The molecule has 1 unspecified atom stereocenters. The predicted octanol–water partition coefficient (Wildman–Crippen LogP) is 4.29. The quantitative estimate of drug-likeness (QED) is 0.0786. The number of halogens is 1. The van der Waals surface area contributed by atoms with Gasteiger partial charge in [-0.15, -0.1) is 0 Å². The molecular weight excluding hydrogens is 838 g/mol. The largest absolute Gasteiger partial charge is 0.493 e. The summed E-state index contributed by atoms with van der Waals surface area (Å²) in [5.74, 6) is -1.60. The van der Waals surface area contributed by atoms with Crippen molar-refractivity contribution in [1.82, 2.24) is 15.1 Å². The van der Waals surface area contributed by atoms with Crippen LogP contribution in [0.25, 0.3) is 22.3 Å². The van der Waals surface area contributed by atoms with Gasteiger partial charge in [-0.1, -0.05) is 24.1 Å². The van der Waals surface area contributed by atoms with Gasteiger partial charge < -0.3 is 39.2 Å². The van der Waals surface area contributed by atoms with Gasteiger partial charge in [0.2, 0.25) is 17.7 Å². The second kappa shape index (κ2) is 21.0. The standard InChI is InChI=1S/C45H50ClN5O12/c1-2-61-37-25-39-31(22-27(37)26-50-14-4-3-7-33(50)42(47)54)35(52)24-38(63-39)29-10-9-28(23-32(29)46)48-13-15-58-16-17-59-18-19-60-20-21-62-36-8-5-6-30-41(36)45(57)51(44(30)56)34-11-12-40(53)49-43(34)55/h5-6,8-10,22-25,33-34,48H,2-4,7,11-21,26H2,1H3,(H2,47,54)(H,49,53,55)/t33-,34?/m1/s1. The average molecular weight is 888 g/mol. The van der Waals surface area contributed by atoms with Crippen molar-refractivity contribution in [2.24, 2.45) is 5.73 Å². The van der Waals surface area contributed by atoms with Gasteiger partial charge in [-0.25, -0.2) is 0 Å². The first-order chi connectivity index (χ1) is 30.5. The number of carbonyl (C=O) groups is 5. The maximum atomic E-state index is 13.4. The Morgan fingerprint density at radius 1 is 0.857 bits per heavy atom. The van der Waals surface area contributed by atoms with Gasteiger partial charge in [-0.2, -0.15) is 0 Å². The number of amides is 5. The van der Waals surface area contributed by atoms with Crippen molar-refractivity contribution in [3.8, 4) is 22.8 Å². The number of primary amides is 1. The number of hydrogen-bond acceptors (Lipinski definition) is 14. The van der Waals surface area contributed by atoms with E-state index in [0.29, 0.717) is 92.2 Å². The Bertz CT molecular complexity index is 2420. The number of rotatable bonds is 21. The summed E-state index contributed by atoms with van der Waals surface area (Å²) in [6.07, 6.45) is 2.71. The second-order valence-electron chi connectivity index (χ2n) is 15.2. The number of nitrogens with two attached hydrogens (primary N) is 1. The molecule has 334 valence electrons. The topological polar surface area (TPSA) is 218 Å². The van der Waals surface area contributed by atoms with Crippen molar-refractivity contribution in [3.63, 3.8) is 0 Å². The maximum Gasteiger partial charge on any atom is 0.266 e. The molecule has 4 aromatic rings. The molecule has 0 spiro atoms. The third-order valence-corrected chi connectivity index (χ3v) is 11.3. The number of benzene rings is 3. The predicted molar refractivity (Wildman–Crippen MR) is 231 cm³/mol. The lowest BCUT2D eigenvalue weighted by Crippen LogP contribution is -2.54. The van der Waals surface area contributed by atoms with E-state index >= 15 is 0 Å². The van der Waals surface area contributed by atoms with Crippen molar-refractivity contribution in [2.75, 3.05) is 71.3 Å². The first-order valence-electron chi connectivity index (χ1n) is 21.1. The number of carbonyl (C=O) groups excluding carboxylic acids is 5. The molecule has 0 saturated carbocycles. The molecule has 3 aromatic carbocycles. The molecule has 3 aliphatic rings. The van der Waals surface area contributed by atoms with E-state index in [-0.39, 0.29) is 60.3 Å². The van der Waals surface area contributed by atoms with Crippen LogP contribution in [0, 0.1) is 0 Å². The van der Waals surface area contributed by atoms with Crippen molar-refractivity contribution < 1.29 is 52.1 Å². The van der Waals surface area contributed by atoms with Crippen LogP contribution in [-0.2, 0) is 35.1 Å². The highest BCUT2D eigenvalue weighted by Gasteiger charge is 2.46. The van der Waals surface area contributed by atoms with Crippen LogP contribution >= 0.6 is 11.6 Å². The van der Waals surface area contributed by atoms with E-state index in [0.717, 1.165) is 35.5 Å². The molecule has 2 atom stereocenters. The summed E-state index contributed by atoms with van der Waals surface area (Å²) in [4.78, 5) is 78.6. The zero-order chi connectivity index (χ0) is 44.5. The smallest absolute Gasteiger partial charge is 0.266 e. The molecule has 63 heavy (non-hydrogen) atoms. The van der Waals surface area contributed by atoms with Crippen molar-refractivity contribution in [2.45, 2.75) is 57.7 Å². The zero-order valence-corrected chi connectivity index (χ0v) is 35.7. The third-order valence-electron chi connectivity index (χ3n) is 11.0. The highest BCUT2D eigenvalue weighted by atomic mass is 35.5. The van der Waals surface area contributed by atoms with Gasteiger partial charge in [-0.3, -0.25) is 43.9 Å². The van der Waals surface area contributed by atoms with Gasteiger partial charge in [0.1, 0.15) is 35.5 Å². The summed E-state index contributed by atoms with van der Waals surface area (Å²) in [6, 6.07) is 13.6. The molecule has 2 saturated heterocycles. The first kappa shape index (κ1) is 45.2. The van der Waals surface area contributed by atoms with Crippen LogP contribution in [0.2, 0.25) is 5.02 Å². The zero-order valence-electron chi connectivity index (χ0n) is 34.9. The Labute approximate surface area is 368 Å². The van der Waals surface area contributed by atoms with E-state index < -0.39 is 29.7 Å². The minimum atomic E-state index is -1.06. The maximum absolute atomic E-state index is 13.4. The van der Waals surface area contributed by atoms with Crippen LogP contribution in [0.4, 0.5) is 5.69 Å². The van der Waals surface area contributed by atoms with Crippen LogP contribution in [0.3, 0.4) is 0 Å². The van der Waals surface area contributed by atoms with Gasteiger partial charge in [0, 0.05) is 48.5 Å². The monoisotopic (exact) mass is 887 g/mol. The van der Waals surface area contributed by atoms with Crippen molar-refractivity contribution in [3.05, 3.63) is 86.5 Å². The Kier molecular flexibility index (Phi) is 15.1. The van der Waals surface area contributed by atoms with E-state index in [9.17, 15) is 28.8 Å². The fraction of sp³-hybridized carbons (Fsp3) is 0.422. The summed E-state index contributed by atoms with van der Waals surface area (Å²) in [5.41, 5.74) is 8.15. The molecule has 0 bridgehead atoms. The van der Waals surface area contributed by atoms with Crippen LogP contribution in [-0.4, -0.2) is 117 Å². The molecule has 18 heteroatoms. The molecule has 3 aliphatic heterocycles. The normalized spacial score (nSPS) is 17.8. The number of nitrogens with zero attached hydrogens (tertiary/aromatic N) is 2. The molecule has 0 aliphatic carbocycles. The van der Waals surface area contributed by atoms with Gasteiger partial charge in [-0.05, 0) is 69.1 Å². The number of likely N-dealkylation sites (tertiary alicyclic amines) is 1. The Hall–Kier alpha value is -5.85. The second-order valence-corrected chi connectivity index (χ2v) is 15.6. The lowest BCUT2D eigenvalue weighted by Gasteiger charge is -2.34. The van der Waals surface area contributed by atoms with E-state index in [2.05, 4.69) is 10.6 Å². The van der Waals surface area contributed by atoms with E-state index in [1.54, 1.807) is 36.4 Å². The number of anilines is 1. The summed E-state index contributed by atoms with van der Waals surface area (Å²) in [5, 5.41) is 6.24. The van der Waals surface area contributed by atoms with Crippen LogP contribution < -0.4 is 31.3 Å². The number of ether oxygens (including phenoxy) is 5. The molecular formula is C45H50ClN5O12. The van der Waals surface area contributed by atoms with Gasteiger partial charge in [0.05, 0.1) is 73.8 Å². The minimum Gasteiger partial charge on any atom is -0.493 e. The van der Waals surface area contributed by atoms with Crippen molar-refractivity contribution in [1.29, 1.82) is 0 Å². The minimum absolute atomic E-state index is 0.0367. The summed E-state index contributed by atoms with van der Waals surface area (Å²) < 4.78 is 34.8. The Morgan fingerprint density at radius 2 is 1.62 bits per heavy atom. The molecule has 7 rings (SSSR count). The van der Waals surface area contributed by atoms with E-state index in [4.69, 9.17) is 45.4 Å². The Morgan fingerprint density at radius 3 is 2.35 bits per heavy atom. The first-order valence-corrected chi connectivity index (χ1v) is 21.4. The average Bonchev–Trinajstić information content (AvgIpc) is 3.51. The summed E-state index contributed by atoms with van der Waals surface area (Å²) in [7, 11) is 0. The number of fused-ring (bicyclic) bond motifs is 2. The number of piperidine rings is 2. The molecule has 4 heterocycles. The fourth-order valence-electron chi connectivity index (χ4n) is 7.94. The number of nitrogens with one attached hydrogen (secondary N) is 2. The lowest BCUT2D eigenvalue weighted by molar-refractivity contribution is -0.136. The summed E-state index contributed by atoms with van der Waals surface area (Å²) >= 11 is 6.69. The highest BCUT2D eigenvalue weighted by Crippen LogP contribution is 2.35. The van der Waals surface area contributed by atoms with Crippen molar-refractivity contribution >= 4 is 57.8 Å². The third kappa shape index (κ3) is 10.7. The molecule has 1 aromatic heterocycles. The molecule has 5 amide bonds. The van der Waals surface area contributed by atoms with Gasteiger partial charge in [0.25, 0.3) is 11.8 Å². The van der Waals surface area contributed by atoms with Crippen LogP contribution in [0.5, 0.6) is 11.5 Å². The summed E-state index contributed by atoms with van der Waals surface area (Å²) in [6.45, 7) is 6.00. The molecule has 2 fully saturated rings. The number of imide groups is 2. The van der Waals surface area contributed by atoms with Gasteiger partial charge in [0.15, 0.2) is 5.43 Å². The van der Waals surface area contributed by atoms with Crippen LogP contribution in [0.15, 0.2) is 63.8 Å². The molecule has 4 N–H and O–H groups in total. The Balaban J connectivity index is 0.798. The SMILES string of the molecule is CCOc1cc2oc(-c3ccc(NCCOCCOCCOCCOc4cccc5c4C(=O)N(C4CCC(=O)NC4=O)C5=O)cc3Cl)cc(=O)c2cc1CN1CCCC[C@@H]1C(N)=O. The van der Waals surface area contributed by atoms with E-state index in [1.165, 1.54) is 12.1 Å². The van der Waals surface area contributed by atoms with Crippen LogP contribution in [0.1, 0.15) is 65.3 Å². The molecule has 17 nitrogen and oxygen atoms in total. The highest BCUT2D eigenvalue weighted by molar-refractivity contribution is 6.33. The van der Waals surface area contributed by atoms with Gasteiger partial charge >= 0.3 is 0 Å². The molecule has 0 radical (unpaired) electrons. The fourth-order valence-corrected chi connectivity index (χ4v) is 8.22. The lowest BCUT2D eigenvalue weighted by atomic mass is 10.00. The van der Waals surface area contributed by atoms with E-state index in [1.807, 2.05) is 17.9 Å². The number of hydrogen-bond donors (Lipinski definition) is 3.